The zero-order valence-electron chi connectivity index (χ0n) is 11.3. The highest BCUT2D eigenvalue weighted by atomic mass is 79.9. The number of carbonyl (C=O) groups is 1. The molecule has 1 aromatic carbocycles. The molecule has 0 bridgehead atoms. The van der Waals surface area contributed by atoms with E-state index in [1.807, 2.05) is 25.1 Å². The summed E-state index contributed by atoms with van der Waals surface area (Å²) in [4.78, 5) is 26.1. The van der Waals surface area contributed by atoms with Gasteiger partial charge in [-0.3, -0.25) is 9.59 Å². The van der Waals surface area contributed by atoms with E-state index in [0.29, 0.717) is 12.1 Å². The Morgan fingerprint density at radius 1 is 1.35 bits per heavy atom. The lowest BCUT2D eigenvalue weighted by Crippen LogP contribution is -2.12. The largest absolute Gasteiger partial charge is 0.326 e. The Morgan fingerprint density at radius 2 is 2.15 bits per heavy atom. The molecule has 0 radical (unpaired) electrons. The molecule has 0 unspecified atom stereocenters. The van der Waals surface area contributed by atoms with Gasteiger partial charge in [0.05, 0.1) is 5.52 Å². The molecule has 2 aromatic rings. The van der Waals surface area contributed by atoms with Crippen molar-refractivity contribution in [2.75, 3.05) is 10.6 Å². The summed E-state index contributed by atoms with van der Waals surface area (Å²) in [6.07, 6.45) is 2.09. The van der Waals surface area contributed by atoms with E-state index >= 15 is 0 Å². The first kappa shape index (κ1) is 14.8. The van der Waals surface area contributed by atoms with Crippen molar-refractivity contribution in [3.63, 3.8) is 0 Å². The van der Waals surface area contributed by atoms with Gasteiger partial charge in [0.1, 0.15) is 0 Å². The first-order chi connectivity index (χ1) is 9.63. The number of hydrogen-bond donors (Lipinski definition) is 2. The number of alkyl halides is 1. The van der Waals surface area contributed by atoms with Gasteiger partial charge in [0.25, 0.3) is 0 Å². The number of hydrogen-bond acceptors (Lipinski definition) is 2. The number of carbonyl (C=O) groups excluding carboxylic acids is 1. The molecule has 106 valence electrons. The number of pyridine rings is 1. The van der Waals surface area contributed by atoms with Crippen LogP contribution in [0.1, 0.15) is 25.3 Å². The molecule has 0 atom stereocenters. The molecule has 5 heteroatoms. The number of H-pyrrole nitrogens is 1. The van der Waals surface area contributed by atoms with Gasteiger partial charge < -0.3 is 10.3 Å². The number of amides is 1. The van der Waals surface area contributed by atoms with Gasteiger partial charge in [0.15, 0.2) is 0 Å². The number of nitrogens with one attached hydrogen (secondary N) is 2. The molecule has 2 N–H and O–H groups in total. The predicted octanol–water partition coefficient (Wildman–Crippen LogP) is 3.20. The van der Waals surface area contributed by atoms with Crippen LogP contribution in [-0.4, -0.2) is 16.2 Å². The summed E-state index contributed by atoms with van der Waals surface area (Å²) >= 11 is 3.30. The number of benzene rings is 1. The molecule has 0 aliphatic carbocycles. The lowest BCUT2D eigenvalue weighted by atomic mass is 10.1. The van der Waals surface area contributed by atoms with Gasteiger partial charge in [0.2, 0.25) is 11.5 Å². The van der Waals surface area contributed by atoms with Gasteiger partial charge in [-0.25, -0.2) is 0 Å². The van der Waals surface area contributed by atoms with E-state index in [2.05, 4.69) is 26.2 Å². The summed E-state index contributed by atoms with van der Waals surface area (Å²) in [7, 11) is 0. The van der Waals surface area contributed by atoms with E-state index in [0.717, 1.165) is 34.6 Å². The van der Waals surface area contributed by atoms with E-state index < -0.39 is 0 Å². The number of aromatic amines is 1. The fourth-order valence-corrected chi connectivity index (χ4v) is 2.43. The minimum absolute atomic E-state index is 0.0159. The Labute approximate surface area is 125 Å². The first-order valence-electron chi connectivity index (χ1n) is 6.66. The summed E-state index contributed by atoms with van der Waals surface area (Å²) in [6.45, 7) is 2.02. The monoisotopic (exact) mass is 336 g/mol. The molecule has 4 nitrogen and oxygen atoms in total. The van der Waals surface area contributed by atoms with Crippen LogP contribution in [0.5, 0.6) is 0 Å². The van der Waals surface area contributed by atoms with Crippen molar-refractivity contribution in [1.82, 2.24) is 4.98 Å². The van der Waals surface area contributed by atoms with Crippen molar-refractivity contribution in [2.24, 2.45) is 0 Å². The average molecular weight is 337 g/mol. The van der Waals surface area contributed by atoms with Crippen molar-refractivity contribution in [3.8, 4) is 0 Å². The highest BCUT2D eigenvalue weighted by Gasteiger charge is 2.05. The van der Waals surface area contributed by atoms with Gasteiger partial charge >= 0.3 is 0 Å². The molecule has 0 saturated heterocycles. The van der Waals surface area contributed by atoms with Crippen LogP contribution in [0.4, 0.5) is 5.69 Å². The maximum Gasteiger partial charge on any atom is 0.248 e. The summed E-state index contributed by atoms with van der Waals surface area (Å²) < 4.78 is 0. The van der Waals surface area contributed by atoms with Crippen LogP contribution in [0.2, 0.25) is 0 Å². The fourth-order valence-electron chi connectivity index (χ4n) is 2.15. The number of aromatic nitrogens is 1. The Kier molecular flexibility index (Phi) is 4.95. The van der Waals surface area contributed by atoms with Crippen LogP contribution in [0.25, 0.3) is 10.9 Å². The maximum absolute atomic E-state index is 11.7. The summed E-state index contributed by atoms with van der Waals surface area (Å²) in [5.41, 5.74) is 2.37. The summed E-state index contributed by atoms with van der Waals surface area (Å²) in [5, 5.41) is 4.67. The van der Waals surface area contributed by atoms with Gasteiger partial charge in [0, 0.05) is 28.9 Å². The lowest BCUT2D eigenvalue weighted by molar-refractivity contribution is -0.116. The third-order valence-electron chi connectivity index (χ3n) is 3.13. The average Bonchev–Trinajstić information content (AvgIpc) is 2.43. The molecule has 2 rings (SSSR count). The number of anilines is 1. The lowest BCUT2D eigenvalue weighted by Gasteiger charge is -2.08. The molecule has 0 fully saturated rings. The molecule has 20 heavy (non-hydrogen) atoms. The number of halogens is 1. The number of rotatable bonds is 5. The minimum Gasteiger partial charge on any atom is -0.326 e. The van der Waals surface area contributed by atoms with Crippen molar-refractivity contribution in [1.29, 1.82) is 0 Å². The van der Waals surface area contributed by atoms with Gasteiger partial charge in [-0.2, -0.15) is 0 Å². The Balaban J connectivity index is 2.29. The van der Waals surface area contributed by atoms with Crippen LogP contribution >= 0.6 is 15.9 Å². The smallest absolute Gasteiger partial charge is 0.248 e. The summed E-state index contributed by atoms with van der Waals surface area (Å²) in [5.74, 6) is -0.0159. The van der Waals surface area contributed by atoms with Crippen LogP contribution < -0.4 is 10.9 Å². The SMILES string of the molecule is CCc1cc(=O)[nH]c2cc(NC(=O)CCCBr)ccc12. The molecule has 1 heterocycles. The summed E-state index contributed by atoms with van der Waals surface area (Å²) in [6, 6.07) is 7.23. The third kappa shape index (κ3) is 3.48. The van der Waals surface area contributed by atoms with Gasteiger partial charge in [-0.15, -0.1) is 0 Å². The zero-order valence-corrected chi connectivity index (χ0v) is 12.9. The quantitative estimate of drug-likeness (QED) is 0.823. The van der Waals surface area contributed by atoms with Gasteiger partial charge in [-0.1, -0.05) is 28.9 Å². The van der Waals surface area contributed by atoms with E-state index in [1.54, 1.807) is 6.07 Å². The van der Waals surface area contributed by atoms with Crippen LogP contribution in [-0.2, 0) is 11.2 Å². The first-order valence-corrected chi connectivity index (χ1v) is 7.78. The number of aryl methyl sites for hydroxylation is 1. The molecule has 0 saturated carbocycles. The van der Waals surface area contributed by atoms with E-state index in [9.17, 15) is 9.59 Å². The Hall–Kier alpha value is -1.62. The fraction of sp³-hybridized carbons (Fsp3) is 0.333. The highest BCUT2D eigenvalue weighted by Crippen LogP contribution is 2.20. The van der Waals surface area contributed by atoms with Crippen molar-refractivity contribution >= 4 is 38.4 Å². The van der Waals surface area contributed by atoms with Crippen molar-refractivity contribution < 1.29 is 4.79 Å². The molecular formula is C15H17BrN2O2. The zero-order chi connectivity index (χ0) is 14.5. The van der Waals surface area contributed by atoms with E-state index in [4.69, 9.17) is 0 Å². The van der Waals surface area contributed by atoms with Crippen molar-refractivity contribution in [3.05, 3.63) is 40.2 Å². The second-order valence-corrected chi connectivity index (χ2v) is 5.41. The topological polar surface area (TPSA) is 62.0 Å². The maximum atomic E-state index is 11.7. The molecule has 0 aliphatic heterocycles. The minimum atomic E-state index is -0.114. The third-order valence-corrected chi connectivity index (χ3v) is 3.69. The molecule has 1 amide bonds. The Morgan fingerprint density at radius 3 is 2.85 bits per heavy atom. The Bertz CT molecular complexity index is 679. The normalized spacial score (nSPS) is 10.7. The van der Waals surface area contributed by atoms with Crippen LogP contribution in [0.15, 0.2) is 29.1 Å². The standard InChI is InChI=1S/C15H17BrN2O2/c1-2-10-8-15(20)18-13-9-11(5-6-12(10)13)17-14(19)4-3-7-16/h5-6,8-9H,2-4,7H2,1H3,(H,17,19)(H,18,20). The van der Waals surface area contributed by atoms with Gasteiger partial charge in [-0.05, 0) is 30.5 Å². The second kappa shape index (κ2) is 6.70. The molecule has 1 aromatic heterocycles. The number of fused-ring (bicyclic) bond motifs is 1. The van der Waals surface area contributed by atoms with Crippen LogP contribution in [0, 0.1) is 0 Å². The van der Waals surface area contributed by atoms with Crippen molar-refractivity contribution in [2.45, 2.75) is 26.2 Å². The molecular weight excluding hydrogens is 320 g/mol. The molecule has 0 spiro atoms. The van der Waals surface area contributed by atoms with Crippen LogP contribution in [0.3, 0.4) is 0 Å². The predicted molar refractivity (Wildman–Crippen MR) is 85.6 cm³/mol. The highest BCUT2D eigenvalue weighted by molar-refractivity contribution is 9.09. The van der Waals surface area contributed by atoms with E-state index in [-0.39, 0.29) is 11.5 Å². The molecule has 0 aliphatic rings. The van der Waals surface area contributed by atoms with E-state index in [1.165, 1.54) is 0 Å². The second-order valence-electron chi connectivity index (χ2n) is 4.61.